The highest BCUT2D eigenvalue weighted by Gasteiger charge is 2.05. The van der Waals surface area contributed by atoms with Crippen LogP contribution in [-0.2, 0) is 0 Å². The van der Waals surface area contributed by atoms with Crippen molar-refractivity contribution < 1.29 is 0 Å². The molecule has 2 heteroatoms. The number of allylic oxidation sites excluding steroid dienone is 1. The fourth-order valence-electron chi connectivity index (χ4n) is 1.81. The van der Waals surface area contributed by atoms with Gasteiger partial charge in [-0.25, -0.2) is 0 Å². The van der Waals surface area contributed by atoms with E-state index in [0.29, 0.717) is 0 Å². The highest BCUT2D eigenvalue weighted by atomic mass is 35.5. The number of hydrogen-bond acceptors (Lipinski definition) is 1. The number of hydrogen-bond donors (Lipinski definition) is 0. The summed E-state index contributed by atoms with van der Waals surface area (Å²) >= 11 is 5.93. The summed E-state index contributed by atoms with van der Waals surface area (Å²) in [6.07, 6.45) is 6.25. The van der Waals surface area contributed by atoms with Gasteiger partial charge in [0.25, 0.3) is 0 Å². The molecular weight excluding hydrogens is 242 g/mol. The molecule has 0 spiro atoms. The maximum Gasteiger partial charge on any atom is 0.0704 e. The van der Waals surface area contributed by atoms with Crippen LogP contribution in [0.2, 0.25) is 5.02 Å². The van der Waals surface area contributed by atoms with Gasteiger partial charge in [0.2, 0.25) is 0 Å². The van der Waals surface area contributed by atoms with Gasteiger partial charge in [0.1, 0.15) is 0 Å². The van der Waals surface area contributed by atoms with Gasteiger partial charge in [0.05, 0.1) is 5.69 Å². The maximum absolute atomic E-state index is 5.93. The summed E-state index contributed by atoms with van der Waals surface area (Å²) in [4.78, 5) is 4.43. The quantitative estimate of drug-likeness (QED) is 0.754. The SMILES string of the molecule is CCC/C=C(\c1ccc(Cl)cc1)c1ccccn1. The Morgan fingerprint density at radius 2 is 1.94 bits per heavy atom. The molecule has 0 radical (unpaired) electrons. The summed E-state index contributed by atoms with van der Waals surface area (Å²) in [5.74, 6) is 0. The number of pyridine rings is 1. The third-order valence-corrected chi connectivity index (χ3v) is 2.99. The maximum atomic E-state index is 5.93. The summed E-state index contributed by atoms with van der Waals surface area (Å²) in [6.45, 7) is 2.18. The van der Waals surface area contributed by atoms with Gasteiger partial charge in [-0.2, -0.15) is 0 Å². The van der Waals surface area contributed by atoms with E-state index in [2.05, 4.69) is 18.0 Å². The summed E-state index contributed by atoms with van der Waals surface area (Å²) < 4.78 is 0. The topological polar surface area (TPSA) is 12.9 Å². The third kappa shape index (κ3) is 3.21. The third-order valence-electron chi connectivity index (χ3n) is 2.73. The molecule has 0 aliphatic heterocycles. The lowest BCUT2D eigenvalue weighted by Gasteiger charge is -2.07. The molecule has 1 aromatic heterocycles. The minimum Gasteiger partial charge on any atom is -0.256 e. The number of nitrogens with zero attached hydrogens (tertiary/aromatic N) is 1. The molecular formula is C16H16ClN. The van der Waals surface area contributed by atoms with E-state index < -0.39 is 0 Å². The Hall–Kier alpha value is -1.60. The number of aromatic nitrogens is 1. The smallest absolute Gasteiger partial charge is 0.0704 e. The van der Waals surface area contributed by atoms with Gasteiger partial charge in [0, 0.05) is 16.8 Å². The Morgan fingerprint density at radius 3 is 2.56 bits per heavy atom. The van der Waals surface area contributed by atoms with Crippen molar-refractivity contribution >= 4 is 17.2 Å². The predicted molar refractivity (Wildman–Crippen MR) is 77.7 cm³/mol. The second kappa shape index (κ2) is 6.36. The number of benzene rings is 1. The van der Waals surface area contributed by atoms with Crippen molar-refractivity contribution in [1.82, 2.24) is 4.98 Å². The Bertz CT molecular complexity index is 515. The normalized spacial score (nSPS) is 11.6. The molecule has 0 saturated heterocycles. The van der Waals surface area contributed by atoms with Crippen LogP contribution in [0.25, 0.3) is 5.57 Å². The molecule has 1 aromatic carbocycles. The van der Waals surface area contributed by atoms with Gasteiger partial charge >= 0.3 is 0 Å². The molecule has 18 heavy (non-hydrogen) atoms. The molecule has 2 aromatic rings. The van der Waals surface area contributed by atoms with Crippen molar-refractivity contribution in [3.05, 3.63) is 71.0 Å². The average Bonchev–Trinajstić information content (AvgIpc) is 2.42. The molecule has 0 unspecified atom stereocenters. The van der Waals surface area contributed by atoms with E-state index in [-0.39, 0.29) is 0 Å². The fourth-order valence-corrected chi connectivity index (χ4v) is 1.94. The summed E-state index contributed by atoms with van der Waals surface area (Å²) in [6, 6.07) is 13.9. The van der Waals surface area contributed by atoms with Crippen LogP contribution < -0.4 is 0 Å². The molecule has 0 amide bonds. The van der Waals surface area contributed by atoms with Gasteiger partial charge in [-0.15, -0.1) is 0 Å². The van der Waals surface area contributed by atoms with Crippen molar-refractivity contribution in [1.29, 1.82) is 0 Å². The first-order chi connectivity index (χ1) is 8.81. The van der Waals surface area contributed by atoms with Crippen molar-refractivity contribution in [3.63, 3.8) is 0 Å². The number of rotatable bonds is 4. The van der Waals surface area contributed by atoms with Crippen LogP contribution in [0.5, 0.6) is 0 Å². The largest absolute Gasteiger partial charge is 0.256 e. The summed E-state index contributed by atoms with van der Waals surface area (Å²) in [5.41, 5.74) is 3.34. The van der Waals surface area contributed by atoms with E-state index in [1.54, 1.807) is 0 Å². The highest BCUT2D eigenvalue weighted by molar-refractivity contribution is 6.30. The van der Waals surface area contributed by atoms with Crippen LogP contribution in [0.1, 0.15) is 31.0 Å². The molecule has 1 nitrogen and oxygen atoms in total. The minimum absolute atomic E-state index is 0.759. The van der Waals surface area contributed by atoms with Crippen molar-refractivity contribution in [2.75, 3.05) is 0 Å². The van der Waals surface area contributed by atoms with E-state index in [1.807, 2.05) is 48.7 Å². The molecule has 2 rings (SSSR count). The predicted octanol–water partition coefficient (Wildman–Crippen LogP) is 4.97. The zero-order chi connectivity index (χ0) is 12.8. The monoisotopic (exact) mass is 257 g/mol. The second-order valence-corrected chi connectivity index (χ2v) is 4.56. The summed E-state index contributed by atoms with van der Waals surface area (Å²) in [7, 11) is 0. The molecule has 0 aliphatic carbocycles. The van der Waals surface area contributed by atoms with E-state index in [1.165, 1.54) is 5.57 Å². The fraction of sp³-hybridized carbons (Fsp3) is 0.188. The van der Waals surface area contributed by atoms with Crippen molar-refractivity contribution in [2.24, 2.45) is 0 Å². The first kappa shape index (κ1) is 12.8. The molecule has 92 valence electrons. The molecule has 0 aliphatic rings. The van der Waals surface area contributed by atoms with Crippen molar-refractivity contribution in [3.8, 4) is 0 Å². The molecule has 0 saturated carbocycles. The molecule has 0 bridgehead atoms. The van der Waals surface area contributed by atoms with Crippen LogP contribution >= 0.6 is 11.6 Å². The second-order valence-electron chi connectivity index (χ2n) is 4.13. The van der Waals surface area contributed by atoms with Gasteiger partial charge < -0.3 is 0 Å². The van der Waals surface area contributed by atoms with Crippen LogP contribution in [0.3, 0.4) is 0 Å². The summed E-state index contributed by atoms with van der Waals surface area (Å²) in [5, 5.41) is 0.759. The zero-order valence-corrected chi connectivity index (χ0v) is 11.2. The Kier molecular flexibility index (Phi) is 4.54. The van der Waals surface area contributed by atoms with E-state index >= 15 is 0 Å². The Balaban J connectivity index is 2.40. The van der Waals surface area contributed by atoms with E-state index in [4.69, 9.17) is 11.6 Å². The average molecular weight is 258 g/mol. The molecule has 0 N–H and O–H groups in total. The van der Waals surface area contributed by atoms with Crippen LogP contribution in [0.15, 0.2) is 54.7 Å². The van der Waals surface area contributed by atoms with Crippen LogP contribution in [-0.4, -0.2) is 4.98 Å². The lowest BCUT2D eigenvalue weighted by molar-refractivity contribution is 0.959. The first-order valence-corrected chi connectivity index (χ1v) is 6.56. The standard InChI is InChI=1S/C16H16ClN/c1-2-3-6-15(16-7-4-5-12-18-16)13-8-10-14(17)11-9-13/h4-12H,2-3H2,1H3/b15-6+. The van der Waals surface area contributed by atoms with Gasteiger partial charge in [-0.3, -0.25) is 4.98 Å². The van der Waals surface area contributed by atoms with Gasteiger partial charge in [-0.1, -0.05) is 49.2 Å². The van der Waals surface area contributed by atoms with E-state index in [9.17, 15) is 0 Å². The van der Waals surface area contributed by atoms with Crippen LogP contribution in [0.4, 0.5) is 0 Å². The Morgan fingerprint density at radius 1 is 1.17 bits per heavy atom. The van der Waals surface area contributed by atoms with E-state index in [0.717, 1.165) is 29.1 Å². The Labute approximate surface area is 113 Å². The molecule has 0 fully saturated rings. The zero-order valence-electron chi connectivity index (χ0n) is 10.4. The van der Waals surface area contributed by atoms with Crippen LogP contribution in [0, 0.1) is 0 Å². The molecule has 1 heterocycles. The lowest BCUT2D eigenvalue weighted by Crippen LogP contribution is -1.91. The first-order valence-electron chi connectivity index (χ1n) is 6.18. The number of unbranched alkanes of at least 4 members (excludes halogenated alkanes) is 1. The minimum atomic E-state index is 0.759. The molecule has 0 atom stereocenters. The number of halogens is 1. The lowest BCUT2D eigenvalue weighted by atomic mass is 10.0. The van der Waals surface area contributed by atoms with Crippen molar-refractivity contribution in [2.45, 2.75) is 19.8 Å². The van der Waals surface area contributed by atoms with Gasteiger partial charge in [-0.05, 0) is 36.2 Å². The highest BCUT2D eigenvalue weighted by Crippen LogP contribution is 2.24. The van der Waals surface area contributed by atoms with Gasteiger partial charge in [0.15, 0.2) is 0 Å².